The molecule has 2 rings (SSSR count). The maximum absolute atomic E-state index is 8.68. The van der Waals surface area contributed by atoms with E-state index in [1.54, 1.807) is 11.3 Å². The molecule has 0 aliphatic rings. The number of fused-ring (bicyclic) bond motifs is 1. The van der Waals surface area contributed by atoms with E-state index in [0.29, 0.717) is 6.42 Å². The number of anilines is 1. The molecule has 0 saturated carbocycles. The zero-order chi connectivity index (χ0) is 10.1. The van der Waals surface area contributed by atoms with Crippen molar-refractivity contribution in [3.63, 3.8) is 0 Å². The second kappa shape index (κ2) is 3.75. The second-order valence-corrected chi connectivity index (χ2v) is 4.98. The predicted octanol–water partition coefficient (Wildman–Crippen LogP) is 3.15. The maximum atomic E-state index is 8.68. The van der Waals surface area contributed by atoms with E-state index in [-0.39, 0.29) is 0 Å². The van der Waals surface area contributed by atoms with Crippen LogP contribution in [0.25, 0.3) is 10.1 Å². The van der Waals surface area contributed by atoms with Crippen LogP contribution in [0.3, 0.4) is 0 Å². The number of benzene rings is 1. The average molecular weight is 314 g/mol. The Morgan fingerprint density at radius 1 is 1.50 bits per heavy atom. The fraction of sp³-hybridized carbons (Fsp3) is 0.100. The smallest absolute Gasteiger partial charge is 0.0670 e. The molecule has 2 aromatic rings. The van der Waals surface area contributed by atoms with Crippen molar-refractivity contribution >= 4 is 49.7 Å². The van der Waals surface area contributed by atoms with Crippen LogP contribution >= 0.6 is 33.9 Å². The van der Waals surface area contributed by atoms with Gasteiger partial charge in [-0.15, -0.1) is 11.3 Å². The molecule has 4 heteroatoms. The molecule has 2 nitrogen and oxygen atoms in total. The minimum Gasteiger partial charge on any atom is -0.398 e. The van der Waals surface area contributed by atoms with E-state index in [4.69, 9.17) is 11.0 Å². The molecule has 0 unspecified atom stereocenters. The van der Waals surface area contributed by atoms with Gasteiger partial charge in [-0.2, -0.15) is 5.26 Å². The van der Waals surface area contributed by atoms with Crippen LogP contribution in [0, 0.1) is 14.9 Å². The lowest BCUT2D eigenvalue weighted by molar-refractivity contribution is 1.30. The third kappa shape index (κ3) is 1.47. The molecule has 0 aliphatic heterocycles. The van der Waals surface area contributed by atoms with Gasteiger partial charge < -0.3 is 5.73 Å². The fourth-order valence-electron chi connectivity index (χ4n) is 1.41. The van der Waals surface area contributed by atoms with E-state index in [9.17, 15) is 0 Å². The number of nitriles is 1. The first kappa shape index (κ1) is 9.74. The summed E-state index contributed by atoms with van der Waals surface area (Å²) in [7, 11) is 0. The first-order valence-corrected chi connectivity index (χ1v) is 6.01. The molecule has 0 radical (unpaired) electrons. The largest absolute Gasteiger partial charge is 0.398 e. The quantitative estimate of drug-likeness (QED) is 0.649. The predicted molar refractivity (Wildman–Crippen MR) is 68.3 cm³/mol. The van der Waals surface area contributed by atoms with E-state index >= 15 is 0 Å². The van der Waals surface area contributed by atoms with Gasteiger partial charge in [0.15, 0.2) is 0 Å². The van der Waals surface area contributed by atoms with Gasteiger partial charge in [0.25, 0.3) is 0 Å². The summed E-state index contributed by atoms with van der Waals surface area (Å²) in [5.41, 5.74) is 7.75. The number of nitrogen functional groups attached to an aromatic ring is 1. The van der Waals surface area contributed by atoms with Gasteiger partial charge in [0.1, 0.15) is 0 Å². The first-order chi connectivity index (χ1) is 6.74. The van der Waals surface area contributed by atoms with Crippen molar-refractivity contribution in [1.82, 2.24) is 0 Å². The van der Waals surface area contributed by atoms with Gasteiger partial charge in [0.2, 0.25) is 0 Å². The molecule has 2 N–H and O–H groups in total. The summed E-state index contributed by atoms with van der Waals surface area (Å²) >= 11 is 3.89. The third-order valence-corrected chi connectivity index (χ3v) is 4.02. The summed E-state index contributed by atoms with van der Waals surface area (Å²) in [5, 5.41) is 11.8. The Bertz CT molecular complexity index is 525. The summed E-state index contributed by atoms with van der Waals surface area (Å²) in [6.07, 6.45) is 0.458. The highest BCUT2D eigenvalue weighted by molar-refractivity contribution is 14.1. The van der Waals surface area contributed by atoms with Crippen molar-refractivity contribution in [2.24, 2.45) is 0 Å². The summed E-state index contributed by atoms with van der Waals surface area (Å²) < 4.78 is 2.26. The number of thiophene rings is 1. The standard InChI is InChI=1S/C10H7IN2S/c11-7-1-2-8(13)10-9(7)6(3-4-12)5-14-10/h1-2,5H,3,13H2. The lowest BCUT2D eigenvalue weighted by Crippen LogP contribution is -1.87. The highest BCUT2D eigenvalue weighted by atomic mass is 127. The van der Waals surface area contributed by atoms with E-state index in [1.165, 1.54) is 3.57 Å². The molecule has 0 aliphatic carbocycles. The lowest BCUT2D eigenvalue weighted by Gasteiger charge is -1.99. The van der Waals surface area contributed by atoms with Crippen LogP contribution in [0.4, 0.5) is 5.69 Å². The van der Waals surface area contributed by atoms with Crippen molar-refractivity contribution in [2.45, 2.75) is 6.42 Å². The van der Waals surface area contributed by atoms with Gasteiger partial charge in [-0.25, -0.2) is 0 Å². The van der Waals surface area contributed by atoms with Crippen molar-refractivity contribution in [3.8, 4) is 6.07 Å². The summed E-state index contributed by atoms with van der Waals surface area (Å²) in [4.78, 5) is 0. The van der Waals surface area contributed by atoms with Crippen LogP contribution in [0.5, 0.6) is 0 Å². The van der Waals surface area contributed by atoms with Crippen LogP contribution in [0.15, 0.2) is 17.5 Å². The zero-order valence-electron chi connectivity index (χ0n) is 7.25. The van der Waals surface area contributed by atoms with E-state index in [1.807, 2.05) is 17.5 Å². The highest BCUT2D eigenvalue weighted by Gasteiger charge is 2.09. The van der Waals surface area contributed by atoms with Crippen LogP contribution in [0.2, 0.25) is 0 Å². The Labute approximate surface area is 99.5 Å². The lowest BCUT2D eigenvalue weighted by atomic mass is 10.1. The molecule has 0 bridgehead atoms. The van der Waals surface area contributed by atoms with E-state index in [2.05, 4.69) is 28.7 Å². The molecule has 0 fully saturated rings. The van der Waals surface area contributed by atoms with E-state index in [0.717, 1.165) is 21.3 Å². The van der Waals surface area contributed by atoms with Gasteiger partial charge in [0.05, 0.1) is 17.2 Å². The molecular formula is C10H7IN2S. The van der Waals surface area contributed by atoms with Gasteiger partial charge in [-0.3, -0.25) is 0 Å². The van der Waals surface area contributed by atoms with Crippen molar-refractivity contribution in [1.29, 1.82) is 5.26 Å². The molecule has 1 aromatic carbocycles. The Hall–Kier alpha value is -0.800. The third-order valence-electron chi connectivity index (χ3n) is 2.05. The van der Waals surface area contributed by atoms with Crippen molar-refractivity contribution in [2.75, 3.05) is 5.73 Å². The molecule has 1 heterocycles. The normalized spacial score (nSPS) is 10.3. The Balaban J connectivity index is 2.78. The van der Waals surface area contributed by atoms with Crippen molar-refractivity contribution < 1.29 is 0 Å². The highest BCUT2D eigenvalue weighted by Crippen LogP contribution is 2.34. The van der Waals surface area contributed by atoms with E-state index < -0.39 is 0 Å². The first-order valence-electron chi connectivity index (χ1n) is 4.05. The minimum atomic E-state index is 0.458. The van der Waals surface area contributed by atoms with Crippen LogP contribution in [0.1, 0.15) is 5.56 Å². The zero-order valence-corrected chi connectivity index (χ0v) is 10.2. The number of nitrogens with zero attached hydrogens (tertiary/aromatic N) is 1. The van der Waals surface area contributed by atoms with Gasteiger partial charge in [-0.1, -0.05) is 0 Å². The number of halogens is 1. The topological polar surface area (TPSA) is 49.8 Å². The molecule has 0 spiro atoms. The molecule has 0 atom stereocenters. The number of hydrogen-bond donors (Lipinski definition) is 1. The Morgan fingerprint density at radius 3 is 3.00 bits per heavy atom. The van der Waals surface area contributed by atoms with Crippen molar-refractivity contribution in [3.05, 3.63) is 26.6 Å². The molecule has 1 aromatic heterocycles. The van der Waals surface area contributed by atoms with Crippen LogP contribution < -0.4 is 5.73 Å². The summed E-state index contributed by atoms with van der Waals surface area (Å²) in [6, 6.07) is 6.08. The number of rotatable bonds is 1. The van der Waals surface area contributed by atoms with Crippen LogP contribution in [-0.4, -0.2) is 0 Å². The second-order valence-electron chi connectivity index (χ2n) is 2.94. The average Bonchev–Trinajstić information content (AvgIpc) is 2.58. The fourth-order valence-corrected chi connectivity index (χ4v) is 3.41. The summed E-state index contributed by atoms with van der Waals surface area (Å²) in [6.45, 7) is 0. The van der Waals surface area contributed by atoms with Gasteiger partial charge >= 0.3 is 0 Å². The summed E-state index contributed by atoms with van der Waals surface area (Å²) in [5.74, 6) is 0. The Kier molecular flexibility index (Phi) is 2.61. The maximum Gasteiger partial charge on any atom is 0.0670 e. The Morgan fingerprint density at radius 2 is 2.29 bits per heavy atom. The molecule has 14 heavy (non-hydrogen) atoms. The van der Waals surface area contributed by atoms with Gasteiger partial charge in [-0.05, 0) is 45.7 Å². The molecule has 70 valence electrons. The van der Waals surface area contributed by atoms with Crippen LogP contribution in [-0.2, 0) is 6.42 Å². The monoisotopic (exact) mass is 314 g/mol. The minimum absolute atomic E-state index is 0.458. The number of nitrogens with two attached hydrogens (primary N) is 1. The molecule has 0 saturated heterocycles. The molecular weight excluding hydrogens is 307 g/mol. The molecule has 0 amide bonds. The SMILES string of the molecule is N#CCc1csc2c(N)ccc(I)c12. The number of hydrogen-bond acceptors (Lipinski definition) is 3. The van der Waals surface area contributed by atoms with Gasteiger partial charge in [0, 0.05) is 14.6 Å².